The minimum Gasteiger partial charge on any atom is -0.376 e. The van der Waals surface area contributed by atoms with Crippen LogP contribution in [-0.4, -0.2) is 44.9 Å². The van der Waals surface area contributed by atoms with Gasteiger partial charge in [-0.25, -0.2) is 4.98 Å². The number of hydrogen-bond acceptors (Lipinski definition) is 5. The average Bonchev–Trinajstić information content (AvgIpc) is 3.27. The molecule has 144 valence electrons. The van der Waals surface area contributed by atoms with Crippen molar-refractivity contribution >= 4 is 5.91 Å². The first-order valence-electron chi connectivity index (χ1n) is 9.52. The monoisotopic (exact) mass is 377 g/mol. The second-order valence-electron chi connectivity index (χ2n) is 7.03. The Morgan fingerprint density at radius 1 is 1.25 bits per heavy atom. The fourth-order valence-corrected chi connectivity index (χ4v) is 3.40. The second kappa shape index (κ2) is 8.31. The summed E-state index contributed by atoms with van der Waals surface area (Å²) in [5, 5.41) is 10.7. The summed E-state index contributed by atoms with van der Waals surface area (Å²) in [6.45, 7) is 3.32. The molecule has 1 aromatic carbocycles. The fourth-order valence-electron chi connectivity index (χ4n) is 3.40. The first kappa shape index (κ1) is 18.3. The molecule has 2 aromatic heterocycles. The zero-order chi connectivity index (χ0) is 19.3. The number of aryl methyl sites for hydroxylation is 1. The number of rotatable bonds is 5. The van der Waals surface area contributed by atoms with Crippen molar-refractivity contribution in [2.75, 3.05) is 13.2 Å². The Bertz CT molecular complexity index is 949. The first-order chi connectivity index (χ1) is 13.7. The third kappa shape index (κ3) is 4.09. The van der Waals surface area contributed by atoms with Crippen molar-refractivity contribution in [1.82, 2.24) is 25.1 Å². The number of pyridine rings is 1. The topological polar surface area (TPSA) is 81.9 Å². The van der Waals surface area contributed by atoms with Crippen molar-refractivity contribution in [3.63, 3.8) is 0 Å². The van der Waals surface area contributed by atoms with E-state index in [0.29, 0.717) is 12.1 Å². The predicted octanol–water partition coefficient (Wildman–Crippen LogP) is 2.94. The smallest absolute Gasteiger partial charge is 0.251 e. The quantitative estimate of drug-likeness (QED) is 0.739. The van der Waals surface area contributed by atoms with Crippen LogP contribution in [-0.2, 0) is 4.74 Å². The predicted molar refractivity (Wildman–Crippen MR) is 105 cm³/mol. The average molecular weight is 377 g/mol. The van der Waals surface area contributed by atoms with Crippen molar-refractivity contribution < 1.29 is 9.53 Å². The highest BCUT2D eigenvalue weighted by Crippen LogP contribution is 2.27. The molecule has 1 saturated heterocycles. The molecule has 4 rings (SSSR count). The van der Waals surface area contributed by atoms with Gasteiger partial charge in [-0.1, -0.05) is 12.1 Å². The number of carbonyl (C=O) groups excluding carboxylic acids is 1. The maximum Gasteiger partial charge on any atom is 0.251 e. The molecule has 0 bridgehead atoms. The molecule has 0 aliphatic carbocycles. The van der Waals surface area contributed by atoms with E-state index in [2.05, 4.69) is 26.6 Å². The van der Waals surface area contributed by atoms with Crippen molar-refractivity contribution in [2.45, 2.75) is 32.3 Å². The Labute approximate surface area is 163 Å². The zero-order valence-corrected chi connectivity index (χ0v) is 15.8. The normalized spacial score (nSPS) is 16.7. The molecule has 28 heavy (non-hydrogen) atoms. The third-order valence-corrected chi connectivity index (χ3v) is 4.87. The molecule has 1 fully saturated rings. The van der Waals surface area contributed by atoms with Gasteiger partial charge in [0.25, 0.3) is 5.91 Å². The Morgan fingerprint density at radius 3 is 2.89 bits per heavy atom. The van der Waals surface area contributed by atoms with Crippen LogP contribution in [0, 0.1) is 6.92 Å². The van der Waals surface area contributed by atoms with Crippen LogP contribution in [0.5, 0.6) is 0 Å². The number of benzene rings is 1. The van der Waals surface area contributed by atoms with Crippen molar-refractivity contribution in [1.29, 1.82) is 0 Å². The molecule has 0 saturated carbocycles. The van der Waals surface area contributed by atoms with Gasteiger partial charge in [0.1, 0.15) is 18.5 Å². The van der Waals surface area contributed by atoms with E-state index in [4.69, 9.17) is 4.74 Å². The molecular weight excluding hydrogens is 354 g/mol. The maximum absolute atomic E-state index is 12.6. The van der Waals surface area contributed by atoms with E-state index >= 15 is 0 Å². The Kier molecular flexibility index (Phi) is 5.43. The van der Waals surface area contributed by atoms with Gasteiger partial charge in [-0.05, 0) is 55.5 Å². The highest BCUT2D eigenvalue weighted by atomic mass is 16.5. The summed E-state index contributed by atoms with van der Waals surface area (Å²) in [4.78, 5) is 17.2. The summed E-state index contributed by atoms with van der Waals surface area (Å²) >= 11 is 0. The number of ether oxygens (including phenoxy) is 1. The lowest BCUT2D eigenvalue weighted by molar-refractivity contribution is 0.0169. The molecule has 1 aliphatic heterocycles. The van der Waals surface area contributed by atoms with Crippen molar-refractivity contribution in [3.05, 3.63) is 60.3 Å². The summed E-state index contributed by atoms with van der Waals surface area (Å²) < 4.78 is 7.46. The molecule has 1 atom stereocenters. The van der Waals surface area contributed by atoms with Gasteiger partial charge in [-0.3, -0.25) is 9.36 Å². The number of nitrogens with zero attached hydrogens (tertiary/aromatic N) is 4. The molecule has 0 radical (unpaired) electrons. The largest absolute Gasteiger partial charge is 0.376 e. The highest BCUT2D eigenvalue weighted by molar-refractivity contribution is 5.95. The van der Waals surface area contributed by atoms with Gasteiger partial charge in [0.2, 0.25) is 0 Å². The lowest BCUT2D eigenvalue weighted by Gasteiger charge is -2.22. The number of carbonyl (C=O) groups is 1. The first-order valence-corrected chi connectivity index (χ1v) is 9.52. The van der Waals surface area contributed by atoms with Crippen LogP contribution in [0.2, 0.25) is 0 Å². The van der Waals surface area contributed by atoms with E-state index in [1.54, 1.807) is 23.4 Å². The van der Waals surface area contributed by atoms with E-state index in [-0.39, 0.29) is 12.0 Å². The van der Waals surface area contributed by atoms with Gasteiger partial charge in [0.15, 0.2) is 0 Å². The molecule has 7 nitrogen and oxygen atoms in total. The molecule has 0 spiro atoms. The minimum absolute atomic E-state index is 0.0949. The van der Waals surface area contributed by atoms with Crippen LogP contribution in [0.3, 0.4) is 0 Å². The second-order valence-corrected chi connectivity index (χ2v) is 7.03. The third-order valence-electron chi connectivity index (χ3n) is 4.87. The molecule has 7 heteroatoms. The van der Waals surface area contributed by atoms with Crippen molar-refractivity contribution in [2.24, 2.45) is 0 Å². The standard InChI is InChI=1S/C21H23N5O2/c1-15-9-19(20(22-11-15)26-13-24-25-14-26)16-5-4-6-17(10-16)21(27)23-12-18-7-2-3-8-28-18/h4-6,9-11,13-14,18H,2-3,7-8,12H2,1H3,(H,23,27)/t18-/m0/s1. The van der Waals surface area contributed by atoms with Crippen LogP contribution >= 0.6 is 0 Å². The van der Waals surface area contributed by atoms with E-state index in [1.807, 2.05) is 31.2 Å². The Hall–Kier alpha value is -3.06. The zero-order valence-electron chi connectivity index (χ0n) is 15.8. The lowest BCUT2D eigenvalue weighted by atomic mass is 10.0. The number of amides is 1. The van der Waals surface area contributed by atoms with E-state index in [9.17, 15) is 4.79 Å². The Morgan fingerprint density at radius 2 is 2.11 bits per heavy atom. The summed E-state index contributed by atoms with van der Waals surface area (Å²) in [5.74, 6) is 0.631. The fraction of sp³-hybridized carbons (Fsp3) is 0.333. The van der Waals surface area contributed by atoms with E-state index < -0.39 is 0 Å². The van der Waals surface area contributed by atoms with Crippen LogP contribution in [0.15, 0.2) is 49.2 Å². The summed E-state index contributed by atoms with van der Waals surface area (Å²) in [5.41, 5.74) is 3.49. The number of nitrogens with one attached hydrogen (secondary N) is 1. The van der Waals surface area contributed by atoms with E-state index in [0.717, 1.165) is 48.4 Å². The van der Waals surface area contributed by atoms with Gasteiger partial charge in [0, 0.05) is 30.5 Å². The molecule has 1 amide bonds. The van der Waals surface area contributed by atoms with Crippen LogP contribution in [0.1, 0.15) is 35.2 Å². The van der Waals surface area contributed by atoms with Crippen LogP contribution in [0.25, 0.3) is 16.9 Å². The van der Waals surface area contributed by atoms with Crippen LogP contribution < -0.4 is 5.32 Å². The molecule has 3 heterocycles. The van der Waals surface area contributed by atoms with Gasteiger partial charge in [-0.15, -0.1) is 10.2 Å². The van der Waals surface area contributed by atoms with Gasteiger partial charge >= 0.3 is 0 Å². The van der Waals surface area contributed by atoms with Gasteiger partial charge < -0.3 is 10.1 Å². The SMILES string of the molecule is Cc1cnc(-n2cnnc2)c(-c2cccc(C(=O)NC[C@@H]3CCCCO3)c2)c1. The van der Waals surface area contributed by atoms with Gasteiger partial charge in [-0.2, -0.15) is 0 Å². The Balaban J connectivity index is 1.57. The number of aromatic nitrogens is 4. The summed E-state index contributed by atoms with van der Waals surface area (Å²) in [6.07, 6.45) is 8.40. The maximum atomic E-state index is 12.6. The molecule has 1 N–H and O–H groups in total. The summed E-state index contributed by atoms with van der Waals surface area (Å²) in [7, 11) is 0. The molecular formula is C21H23N5O2. The minimum atomic E-state index is -0.0949. The van der Waals surface area contributed by atoms with Crippen LogP contribution in [0.4, 0.5) is 0 Å². The molecule has 0 unspecified atom stereocenters. The van der Waals surface area contributed by atoms with E-state index in [1.165, 1.54) is 0 Å². The van der Waals surface area contributed by atoms with Gasteiger partial charge in [0.05, 0.1) is 6.10 Å². The molecule has 1 aliphatic rings. The molecule has 3 aromatic rings. The summed E-state index contributed by atoms with van der Waals surface area (Å²) in [6, 6.07) is 9.63. The van der Waals surface area contributed by atoms with Crippen molar-refractivity contribution in [3.8, 4) is 16.9 Å². The highest BCUT2D eigenvalue weighted by Gasteiger charge is 2.16. The number of hydrogen-bond donors (Lipinski definition) is 1. The lowest BCUT2D eigenvalue weighted by Crippen LogP contribution is -2.35.